The first kappa shape index (κ1) is 15.8. The summed E-state index contributed by atoms with van der Waals surface area (Å²) in [5.41, 5.74) is 5.08. The van der Waals surface area contributed by atoms with E-state index in [-0.39, 0.29) is 0 Å². The number of fused-ring (bicyclic) bond motifs is 1. The second-order valence-corrected chi connectivity index (χ2v) is 6.52. The van der Waals surface area contributed by atoms with Crippen LogP contribution in [0.3, 0.4) is 0 Å². The zero-order chi connectivity index (χ0) is 16.4. The lowest BCUT2D eigenvalue weighted by molar-refractivity contribution is 0.143. The Morgan fingerprint density at radius 3 is 2.96 bits per heavy atom. The van der Waals surface area contributed by atoms with E-state index in [1.54, 1.807) is 13.3 Å². The van der Waals surface area contributed by atoms with Gasteiger partial charge < -0.3 is 9.64 Å². The maximum Gasteiger partial charge on any atom is 0.103 e. The van der Waals surface area contributed by atoms with Crippen LogP contribution in [0.5, 0.6) is 0 Å². The molecule has 4 nitrogen and oxygen atoms in total. The van der Waals surface area contributed by atoms with Crippen LogP contribution in [0.4, 0.5) is 5.69 Å². The van der Waals surface area contributed by atoms with Crippen molar-refractivity contribution in [1.82, 2.24) is 4.98 Å². The smallest absolute Gasteiger partial charge is 0.103 e. The molecule has 3 rings (SSSR count). The van der Waals surface area contributed by atoms with Crippen molar-refractivity contribution < 1.29 is 4.74 Å². The highest BCUT2D eigenvalue weighted by atomic mass is 16.5. The molecule has 1 aliphatic heterocycles. The predicted molar refractivity (Wildman–Crippen MR) is 92.7 cm³/mol. The number of methoxy groups -OCH3 is 1. The lowest BCUT2D eigenvalue weighted by Gasteiger charge is -2.35. The number of pyridine rings is 1. The quantitative estimate of drug-likeness (QED) is 0.869. The molecule has 120 valence electrons. The number of nitrogens with zero attached hydrogens (tertiary/aromatic N) is 3. The Labute approximate surface area is 137 Å². The van der Waals surface area contributed by atoms with Crippen LogP contribution in [-0.2, 0) is 4.74 Å². The average Bonchev–Trinajstić information content (AvgIpc) is 2.54. The SMILES string of the molecule is COCC1CCCN(c2c(C#N)cnc3c(C)cc(C)cc23)C1. The number of piperidine rings is 1. The maximum atomic E-state index is 9.58. The number of nitriles is 1. The molecule has 0 spiro atoms. The molecular formula is C19H23N3O. The third kappa shape index (κ3) is 3.02. The molecule has 1 aromatic carbocycles. The molecule has 2 aromatic rings. The summed E-state index contributed by atoms with van der Waals surface area (Å²) >= 11 is 0. The zero-order valence-electron chi connectivity index (χ0n) is 14.1. The van der Waals surface area contributed by atoms with Gasteiger partial charge in [0.15, 0.2) is 0 Å². The van der Waals surface area contributed by atoms with E-state index in [0.29, 0.717) is 11.5 Å². The highest BCUT2D eigenvalue weighted by molar-refractivity contribution is 5.96. The minimum absolute atomic E-state index is 0.523. The molecule has 2 heterocycles. The number of hydrogen-bond donors (Lipinski definition) is 0. The number of benzene rings is 1. The Morgan fingerprint density at radius 2 is 2.22 bits per heavy atom. The molecule has 0 saturated carbocycles. The first-order chi connectivity index (χ1) is 11.1. The molecule has 1 fully saturated rings. The van der Waals surface area contributed by atoms with Gasteiger partial charge in [-0.3, -0.25) is 4.98 Å². The molecule has 0 aliphatic carbocycles. The number of ether oxygens (including phenoxy) is 1. The summed E-state index contributed by atoms with van der Waals surface area (Å²) in [7, 11) is 1.76. The van der Waals surface area contributed by atoms with Gasteiger partial charge in [0, 0.05) is 31.8 Å². The first-order valence-electron chi connectivity index (χ1n) is 8.18. The van der Waals surface area contributed by atoms with Crippen LogP contribution in [0.15, 0.2) is 18.3 Å². The Kier molecular flexibility index (Phi) is 4.49. The summed E-state index contributed by atoms with van der Waals surface area (Å²) in [6, 6.07) is 6.64. The minimum Gasteiger partial charge on any atom is -0.384 e. The second-order valence-electron chi connectivity index (χ2n) is 6.52. The van der Waals surface area contributed by atoms with Crippen LogP contribution in [0.25, 0.3) is 10.9 Å². The highest BCUT2D eigenvalue weighted by Gasteiger charge is 2.24. The van der Waals surface area contributed by atoms with Gasteiger partial charge in [0.25, 0.3) is 0 Å². The van der Waals surface area contributed by atoms with Gasteiger partial charge >= 0.3 is 0 Å². The Hall–Kier alpha value is -2.12. The topological polar surface area (TPSA) is 49.1 Å². The molecule has 1 unspecified atom stereocenters. The van der Waals surface area contributed by atoms with Gasteiger partial charge in [-0.05, 0) is 44.2 Å². The van der Waals surface area contributed by atoms with Crippen molar-refractivity contribution in [2.45, 2.75) is 26.7 Å². The molecule has 0 N–H and O–H groups in total. The molecule has 0 radical (unpaired) electrons. The van der Waals surface area contributed by atoms with Crippen LogP contribution < -0.4 is 4.90 Å². The number of aromatic nitrogens is 1. The summed E-state index contributed by atoms with van der Waals surface area (Å²) in [6.45, 7) is 6.89. The largest absolute Gasteiger partial charge is 0.384 e. The van der Waals surface area contributed by atoms with Crippen LogP contribution in [0.2, 0.25) is 0 Å². The third-order valence-corrected chi connectivity index (χ3v) is 4.64. The normalized spacial score (nSPS) is 18.2. The molecular weight excluding hydrogens is 286 g/mol. The van der Waals surface area contributed by atoms with Crippen LogP contribution in [0, 0.1) is 31.1 Å². The summed E-state index contributed by atoms with van der Waals surface area (Å²) in [5, 5.41) is 10.7. The van der Waals surface area contributed by atoms with Gasteiger partial charge in [0.05, 0.1) is 23.4 Å². The van der Waals surface area contributed by atoms with Gasteiger partial charge in [-0.25, -0.2) is 0 Å². The van der Waals surface area contributed by atoms with E-state index in [1.807, 2.05) is 0 Å². The van der Waals surface area contributed by atoms with Crippen molar-refractivity contribution >= 4 is 16.6 Å². The van der Waals surface area contributed by atoms with E-state index in [0.717, 1.165) is 48.3 Å². The van der Waals surface area contributed by atoms with Gasteiger partial charge in [0.1, 0.15) is 6.07 Å². The van der Waals surface area contributed by atoms with E-state index in [4.69, 9.17) is 4.74 Å². The maximum absolute atomic E-state index is 9.58. The molecule has 1 saturated heterocycles. The van der Waals surface area contributed by atoms with Gasteiger partial charge in [-0.1, -0.05) is 11.6 Å². The first-order valence-corrected chi connectivity index (χ1v) is 8.18. The summed E-state index contributed by atoms with van der Waals surface area (Å²) in [6.07, 6.45) is 4.04. The Bertz CT molecular complexity index is 761. The van der Waals surface area contributed by atoms with E-state index >= 15 is 0 Å². The lowest BCUT2D eigenvalue weighted by atomic mass is 9.96. The summed E-state index contributed by atoms with van der Waals surface area (Å²) in [4.78, 5) is 6.89. The fraction of sp³-hybridized carbons (Fsp3) is 0.474. The standard InChI is InChI=1S/C19H23N3O/c1-13-7-14(2)18-17(8-13)19(16(9-20)10-21-18)22-6-4-5-15(11-22)12-23-3/h7-8,10,15H,4-6,11-12H2,1-3H3. The number of hydrogen-bond acceptors (Lipinski definition) is 4. The monoisotopic (exact) mass is 309 g/mol. The molecule has 1 aliphatic rings. The van der Waals surface area contributed by atoms with Gasteiger partial charge in [-0.2, -0.15) is 5.26 Å². The van der Waals surface area contributed by atoms with Crippen LogP contribution >= 0.6 is 0 Å². The van der Waals surface area contributed by atoms with E-state index in [1.165, 1.54) is 12.0 Å². The average molecular weight is 309 g/mol. The second kappa shape index (κ2) is 6.55. The fourth-order valence-corrected chi connectivity index (χ4v) is 3.71. The van der Waals surface area contributed by atoms with E-state index in [2.05, 4.69) is 41.9 Å². The summed E-state index contributed by atoms with van der Waals surface area (Å²) in [5.74, 6) is 0.523. The number of rotatable bonds is 3. The van der Waals surface area contributed by atoms with Crippen molar-refractivity contribution in [3.05, 3.63) is 35.0 Å². The fourth-order valence-electron chi connectivity index (χ4n) is 3.71. The van der Waals surface area contributed by atoms with Gasteiger partial charge in [-0.15, -0.1) is 0 Å². The lowest BCUT2D eigenvalue weighted by Crippen LogP contribution is -2.37. The molecule has 0 bridgehead atoms. The predicted octanol–water partition coefficient (Wildman–Crippen LogP) is 3.59. The number of aryl methyl sites for hydroxylation is 2. The van der Waals surface area contributed by atoms with Crippen LogP contribution in [0.1, 0.15) is 29.5 Å². The zero-order valence-corrected chi connectivity index (χ0v) is 14.1. The van der Waals surface area contributed by atoms with Gasteiger partial charge in [0.2, 0.25) is 0 Å². The molecule has 4 heteroatoms. The molecule has 1 aromatic heterocycles. The van der Waals surface area contributed by atoms with Crippen molar-refractivity contribution in [2.75, 3.05) is 31.7 Å². The molecule has 23 heavy (non-hydrogen) atoms. The number of anilines is 1. The van der Waals surface area contributed by atoms with Crippen molar-refractivity contribution in [3.8, 4) is 6.07 Å². The van der Waals surface area contributed by atoms with E-state index < -0.39 is 0 Å². The molecule has 1 atom stereocenters. The molecule has 0 amide bonds. The van der Waals surface area contributed by atoms with Crippen LogP contribution in [-0.4, -0.2) is 31.8 Å². The highest BCUT2D eigenvalue weighted by Crippen LogP contribution is 2.34. The Morgan fingerprint density at radius 1 is 1.39 bits per heavy atom. The Balaban J connectivity index is 2.13. The third-order valence-electron chi connectivity index (χ3n) is 4.64. The minimum atomic E-state index is 0.523. The summed E-state index contributed by atoms with van der Waals surface area (Å²) < 4.78 is 5.34. The van der Waals surface area contributed by atoms with Crippen molar-refractivity contribution in [2.24, 2.45) is 5.92 Å². The van der Waals surface area contributed by atoms with E-state index in [9.17, 15) is 5.26 Å². The van der Waals surface area contributed by atoms with Crippen molar-refractivity contribution in [1.29, 1.82) is 5.26 Å². The van der Waals surface area contributed by atoms with Crippen molar-refractivity contribution in [3.63, 3.8) is 0 Å².